The van der Waals surface area contributed by atoms with Gasteiger partial charge in [-0.15, -0.1) is 0 Å². The van der Waals surface area contributed by atoms with E-state index < -0.39 is 0 Å². The number of ketones is 1. The fourth-order valence-electron chi connectivity index (χ4n) is 1.94. The van der Waals surface area contributed by atoms with Gasteiger partial charge in [-0.3, -0.25) is 9.78 Å². The van der Waals surface area contributed by atoms with Crippen molar-refractivity contribution >= 4 is 5.78 Å². The van der Waals surface area contributed by atoms with Crippen molar-refractivity contribution in [2.75, 3.05) is 6.54 Å². The molecule has 2 aromatic rings. The van der Waals surface area contributed by atoms with Gasteiger partial charge >= 0.3 is 0 Å². The Hall–Kier alpha value is -2.00. The zero-order valence-corrected chi connectivity index (χ0v) is 10.1. The van der Waals surface area contributed by atoms with Gasteiger partial charge in [0.05, 0.1) is 5.92 Å². The summed E-state index contributed by atoms with van der Waals surface area (Å²) < 4.78 is 0. The van der Waals surface area contributed by atoms with Gasteiger partial charge in [-0.2, -0.15) is 0 Å². The lowest BCUT2D eigenvalue weighted by Crippen LogP contribution is -2.23. The quantitative estimate of drug-likeness (QED) is 0.868. The Morgan fingerprint density at radius 1 is 1.11 bits per heavy atom. The third-order valence-electron chi connectivity index (χ3n) is 2.91. The summed E-state index contributed by atoms with van der Waals surface area (Å²) in [7, 11) is 0. The molecule has 92 valence electrons. The number of benzene rings is 1. The van der Waals surface area contributed by atoms with Crippen molar-refractivity contribution in [2.45, 2.75) is 12.3 Å². The Labute approximate surface area is 107 Å². The highest BCUT2D eigenvalue weighted by molar-refractivity contribution is 5.87. The first-order valence-corrected chi connectivity index (χ1v) is 5.99. The van der Waals surface area contributed by atoms with Crippen LogP contribution in [0.2, 0.25) is 0 Å². The van der Waals surface area contributed by atoms with E-state index in [9.17, 15) is 4.79 Å². The zero-order chi connectivity index (χ0) is 12.8. The van der Waals surface area contributed by atoms with Crippen LogP contribution >= 0.6 is 0 Å². The van der Waals surface area contributed by atoms with Crippen molar-refractivity contribution in [1.29, 1.82) is 0 Å². The van der Waals surface area contributed by atoms with Gasteiger partial charge < -0.3 is 5.73 Å². The molecule has 0 bridgehead atoms. The van der Waals surface area contributed by atoms with Crippen molar-refractivity contribution in [3.05, 3.63) is 66.0 Å². The van der Waals surface area contributed by atoms with Gasteiger partial charge in [0.1, 0.15) is 5.78 Å². The van der Waals surface area contributed by atoms with Gasteiger partial charge in [0.2, 0.25) is 0 Å². The van der Waals surface area contributed by atoms with Crippen molar-refractivity contribution in [3.8, 4) is 0 Å². The molecule has 1 heterocycles. The minimum absolute atomic E-state index is 0.113. The van der Waals surface area contributed by atoms with Crippen LogP contribution in [0.1, 0.15) is 17.2 Å². The Bertz CT molecular complexity index is 496. The van der Waals surface area contributed by atoms with E-state index in [2.05, 4.69) is 4.98 Å². The number of pyridine rings is 1. The van der Waals surface area contributed by atoms with Crippen LogP contribution in [0.5, 0.6) is 0 Å². The number of rotatable bonds is 5. The lowest BCUT2D eigenvalue weighted by molar-refractivity contribution is -0.119. The van der Waals surface area contributed by atoms with E-state index in [0.717, 1.165) is 11.3 Å². The maximum Gasteiger partial charge on any atom is 0.147 e. The summed E-state index contributed by atoms with van der Waals surface area (Å²) in [6.07, 6.45) is 2.03. The van der Waals surface area contributed by atoms with Crippen molar-refractivity contribution < 1.29 is 4.79 Å². The molecule has 3 nitrogen and oxygen atoms in total. The van der Waals surface area contributed by atoms with Gasteiger partial charge in [0.25, 0.3) is 0 Å². The SMILES string of the molecule is NCC(C(=O)Cc1ccccn1)c1ccccc1. The molecule has 1 aromatic heterocycles. The van der Waals surface area contributed by atoms with Crippen LogP contribution in [-0.2, 0) is 11.2 Å². The molecule has 3 heteroatoms. The second-order valence-corrected chi connectivity index (χ2v) is 4.16. The lowest BCUT2D eigenvalue weighted by atomic mass is 9.92. The van der Waals surface area contributed by atoms with Gasteiger partial charge in [0, 0.05) is 24.9 Å². The predicted molar refractivity (Wildman–Crippen MR) is 71.2 cm³/mol. The van der Waals surface area contributed by atoms with Crippen LogP contribution < -0.4 is 5.73 Å². The molecule has 1 aromatic carbocycles. The number of aromatic nitrogens is 1. The molecule has 0 radical (unpaired) electrons. The molecule has 18 heavy (non-hydrogen) atoms. The number of nitrogens with two attached hydrogens (primary N) is 1. The summed E-state index contributed by atoms with van der Waals surface area (Å²) >= 11 is 0. The van der Waals surface area contributed by atoms with Gasteiger partial charge in [-0.25, -0.2) is 0 Å². The molecule has 0 fully saturated rings. The fourth-order valence-corrected chi connectivity index (χ4v) is 1.94. The largest absolute Gasteiger partial charge is 0.329 e. The highest BCUT2D eigenvalue weighted by Crippen LogP contribution is 2.17. The molecule has 0 aliphatic rings. The molecular formula is C15H16N2O. The van der Waals surface area contributed by atoms with E-state index in [1.807, 2.05) is 48.5 Å². The van der Waals surface area contributed by atoms with E-state index >= 15 is 0 Å². The molecular weight excluding hydrogens is 224 g/mol. The number of hydrogen-bond acceptors (Lipinski definition) is 3. The van der Waals surface area contributed by atoms with Crippen LogP contribution in [0, 0.1) is 0 Å². The second-order valence-electron chi connectivity index (χ2n) is 4.16. The fraction of sp³-hybridized carbons (Fsp3) is 0.200. The molecule has 2 rings (SSSR count). The summed E-state index contributed by atoms with van der Waals surface area (Å²) in [6.45, 7) is 0.329. The molecule has 1 atom stereocenters. The Balaban J connectivity index is 2.12. The summed E-state index contributed by atoms with van der Waals surface area (Å²) in [4.78, 5) is 16.4. The van der Waals surface area contributed by atoms with Crippen LogP contribution in [-0.4, -0.2) is 17.3 Å². The number of hydrogen-bond donors (Lipinski definition) is 1. The topological polar surface area (TPSA) is 56.0 Å². The standard InChI is InChI=1S/C15H16N2O/c16-11-14(12-6-2-1-3-7-12)15(18)10-13-8-4-5-9-17-13/h1-9,14H,10-11,16H2. The van der Waals surface area contributed by atoms with Crippen LogP contribution in [0.3, 0.4) is 0 Å². The normalized spacial score (nSPS) is 12.1. The van der Waals surface area contributed by atoms with E-state index in [-0.39, 0.29) is 11.7 Å². The molecule has 0 saturated heterocycles. The number of Topliss-reactive ketones (excluding diaryl/α,β-unsaturated/α-hetero) is 1. The molecule has 0 amide bonds. The van der Waals surface area contributed by atoms with Gasteiger partial charge in [-0.05, 0) is 17.7 Å². The molecule has 0 spiro atoms. The van der Waals surface area contributed by atoms with Crippen LogP contribution in [0.15, 0.2) is 54.7 Å². The first-order valence-electron chi connectivity index (χ1n) is 5.99. The molecule has 0 saturated carbocycles. The average molecular weight is 240 g/mol. The predicted octanol–water partition coefficient (Wildman–Crippen LogP) is 1.94. The third kappa shape index (κ3) is 3.02. The summed E-state index contributed by atoms with van der Waals surface area (Å²) in [5.74, 6) is -0.129. The second kappa shape index (κ2) is 6.07. The van der Waals surface area contributed by atoms with Crippen LogP contribution in [0.25, 0.3) is 0 Å². The number of nitrogens with zero attached hydrogens (tertiary/aromatic N) is 1. The summed E-state index contributed by atoms with van der Waals surface area (Å²) in [6, 6.07) is 15.2. The smallest absolute Gasteiger partial charge is 0.147 e. The van der Waals surface area contributed by atoms with E-state index in [1.54, 1.807) is 6.20 Å². The summed E-state index contributed by atoms with van der Waals surface area (Å²) in [5.41, 5.74) is 7.48. The van der Waals surface area contributed by atoms with Crippen molar-refractivity contribution in [1.82, 2.24) is 4.98 Å². The van der Waals surface area contributed by atoms with E-state index in [0.29, 0.717) is 13.0 Å². The lowest BCUT2D eigenvalue weighted by Gasteiger charge is -2.13. The van der Waals surface area contributed by atoms with E-state index in [4.69, 9.17) is 5.73 Å². The average Bonchev–Trinajstić information content (AvgIpc) is 2.42. The molecule has 1 unspecified atom stereocenters. The van der Waals surface area contributed by atoms with Gasteiger partial charge in [-0.1, -0.05) is 36.4 Å². The zero-order valence-electron chi connectivity index (χ0n) is 10.1. The number of carbonyl (C=O) groups is 1. The Morgan fingerprint density at radius 3 is 2.44 bits per heavy atom. The van der Waals surface area contributed by atoms with Crippen molar-refractivity contribution in [2.24, 2.45) is 5.73 Å². The Kier molecular flexibility index (Phi) is 4.20. The minimum Gasteiger partial charge on any atom is -0.329 e. The molecule has 2 N–H and O–H groups in total. The maximum absolute atomic E-state index is 12.2. The monoisotopic (exact) mass is 240 g/mol. The molecule has 0 aliphatic carbocycles. The van der Waals surface area contributed by atoms with Crippen LogP contribution in [0.4, 0.5) is 0 Å². The van der Waals surface area contributed by atoms with Gasteiger partial charge in [0.15, 0.2) is 0 Å². The van der Waals surface area contributed by atoms with E-state index in [1.165, 1.54) is 0 Å². The number of carbonyl (C=O) groups excluding carboxylic acids is 1. The first-order chi connectivity index (χ1) is 8.81. The highest BCUT2D eigenvalue weighted by atomic mass is 16.1. The highest BCUT2D eigenvalue weighted by Gasteiger charge is 2.19. The first kappa shape index (κ1) is 12.5. The molecule has 0 aliphatic heterocycles. The summed E-state index contributed by atoms with van der Waals surface area (Å²) in [5, 5.41) is 0. The third-order valence-corrected chi connectivity index (χ3v) is 2.91. The Morgan fingerprint density at radius 2 is 1.83 bits per heavy atom. The maximum atomic E-state index is 12.2. The minimum atomic E-state index is -0.242. The van der Waals surface area contributed by atoms with Crippen molar-refractivity contribution in [3.63, 3.8) is 0 Å².